The number of aromatic nitrogens is 1. The fourth-order valence-corrected chi connectivity index (χ4v) is 3.24. The molecule has 0 saturated carbocycles. The number of likely N-dealkylation sites (tertiary alicyclic amines) is 1. The topological polar surface area (TPSA) is 131 Å². The van der Waals surface area contributed by atoms with E-state index in [2.05, 4.69) is 21.7 Å². The normalized spacial score (nSPS) is 15.9. The summed E-state index contributed by atoms with van der Waals surface area (Å²) >= 11 is 0. The van der Waals surface area contributed by atoms with Gasteiger partial charge in [0.25, 0.3) is 0 Å². The Hall–Kier alpha value is -4.11. The van der Waals surface area contributed by atoms with Gasteiger partial charge in [-0.1, -0.05) is 30.3 Å². The molecule has 2 amide bonds. The molecule has 0 spiro atoms. The van der Waals surface area contributed by atoms with Gasteiger partial charge < -0.3 is 20.3 Å². The minimum absolute atomic E-state index is 0.0484. The summed E-state index contributed by atoms with van der Waals surface area (Å²) in [5, 5.41) is 23.8. The Morgan fingerprint density at radius 3 is 2.71 bits per heavy atom. The number of carbonyl (C=O) groups is 2. The molecule has 1 saturated heterocycles. The molecule has 31 heavy (non-hydrogen) atoms. The van der Waals surface area contributed by atoms with E-state index in [9.17, 15) is 14.9 Å². The van der Waals surface area contributed by atoms with Gasteiger partial charge in [-0.2, -0.15) is 10.5 Å². The predicted octanol–water partition coefficient (Wildman–Crippen LogP) is 2.17. The maximum Gasteiger partial charge on any atom is 0.408 e. The Bertz CT molecular complexity index is 981. The number of anilines is 1. The van der Waals surface area contributed by atoms with Crippen molar-refractivity contribution in [1.29, 1.82) is 10.5 Å². The van der Waals surface area contributed by atoms with Crippen LogP contribution in [0.2, 0.25) is 0 Å². The standard InChI is InChI=1S/C22H22N6O3/c23-11-17-8-9-20(25-13-17)26-14-19(21(29)28-10-4-7-18(28)12-24)27-22(30)31-15-16-5-2-1-3-6-16/h1-3,5-6,8-9,13,18-19H,4,7,10,14-15H2,(H,25,26)(H,27,30)/t18-,19-/m0/s1. The molecule has 2 heterocycles. The van der Waals surface area contributed by atoms with Crippen LogP contribution in [0.4, 0.5) is 10.6 Å². The SMILES string of the molecule is N#Cc1ccc(NC[C@H](NC(=O)OCc2ccccc2)C(=O)N2CCC[C@H]2C#N)nc1. The van der Waals surface area contributed by atoms with Crippen molar-refractivity contribution in [3.8, 4) is 12.1 Å². The number of hydrogen-bond donors (Lipinski definition) is 2. The first-order valence-corrected chi connectivity index (χ1v) is 9.88. The largest absolute Gasteiger partial charge is 0.445 e. The number of pyridine rings is 1. The molecule has 2 aromatic rings. The molecule has 1 aliphatic heterocycles. The number of alkyl carbamates (subject to hydrolysis) is 1. The molecule has 9 heteroatoms. The minimum atomic E-state index is -0.949. The van der Waals surface area contributed by atoms with Crippen molar-refractivity contribution in [2.24, 2.45) is 0 Å². The first-order valence-electron chi connectivity index (χ1n) is 9.88. The number of carbonyl (C=O) groups excluding carboxylic acids is 2. The van der Waals surface area contributed by atoms with Gasteiger partial charge in [0.1, 0.15) is 30.6 Å². The highest BCUT2D eigenvalue weighted by Gasteiger charge is 2.34. The van der Waals surface area contributed by atoms with Crippen molar-refractivity contribution in [2.45, 2.75) is 31.5 Å². The Morgan fingerprint density at radius 2 is 2.03 bits per heavy atom. The second kappa shape index (κ2) is 10.6. The van der Waals surface area contributed by atoms with E-state index < -0.39 is 18.2 Å². The highest BCUT2D eigenvalue weighted by molar-refractivity contribution is 5.87. The van der Waals surface area contributed by atoms with Crippen LogP contribution in [0.5, 0.6) is 0 Å². The van der Waals surface area contributed by atoms with E-state index in [-0.39, 0.29) is 19.1 Å². The summed E-state index contributed by atoms with van der Waals surface area (Å²) < 4.78 is 5.24. The molecule has 1 aromatic carbocycles. The van der Waals surface area contributed by atoms with Crippen LogP contribution in [0.3, 0.4) is 0 Å². The van der Waals surface area contributed by atoms with Gasteiger partial charge in [-0.3, -0.25) is 4.79 Å². The quantitative estimate of drug-likeness (QED) is 0.704. The zero-order valence-corrected chi connectivity index (χ0v) is 16.8. The van der Waals surface area contributed by atoms with Crippen LogP contribution in [-0.2, 0) is 16.1 Å². The number of nitriles is 2. The lowest BCUT2D eigenvalue weighted by atomic mass is 10.2. The summed E-state index contributed by atoms with van der Waals surface area (Å²) in [6.45, 7) is 0.582. The summed E-state index contributed by atoms with van der Waals surface area (Å²) in [7, 11) is 0. The monoisotopic (exact) mass is 418 g/mol. The summed E-state index contributed by atoms with van der Waals surface area (Å²) in [6.07, 6.45) is 2.02. The highest BCUT2D eigenvalue weighted by atomic mass is 16.5. The lowest BCUT2D eigenvalue weighted by molar-refractivity contribution is -0.133. The summed E-state index contributed by atoms with van der Waals surface area (Å²) in [5.41, 5.74) is 1.24. The van der Waals surface area contributed by atoms with Crippen LogP contribution in [0.1, 0.15) is 24.0 Å². The van der Waals surface area contributed by atoms with Crippen LogP contribution in [0, 0.1) is 22.7 Å². The molecule has 3 rings (SSSR count). The molecule has 0 radical (unpaired) electrons. The molecule has 2 N–H and O–H groups in total. The number of benzene rings is 1. The number of nitrogens with one attached hydrogen (secondary N) is 2. The predicted molar refractivity (Wildman–Crippen MR) is 111 cm³/mol. The number of nitrogens with zero attached hydrogens (tertiary/aromatic N) is 4. The summed E-state index contributed by atoms with van der Waals surface area (Å²) in [6, 6.07) is 15.1. The summed E-state index contributed by atoms with van der Waals surface area (Å²) in [4.78, 5) is 31.0. The maximum absolute atomic E-state index is 13.0. The second-order valence-electron chi connectivity index (χ2n) is 7.00. The fraction of sp³-hybridized carbons (Fsp3) is 0.318. The first kappa shape index (κ1) is 21.6. The Kier molecular flexibility index (Phi) is 7.39. The third-order valence-corrected chi connectivity index (χ3v) is 4.87. The smallest absolute Gasteiger partial charge is 0.408 e. The summed E-state index contributed by atoms with van der Waals surface area (Å²) in [5.74, 6) is 0.0939. The molecule has 1 aliphatic rings. The molecule has 1 aromatic heterocycles. The lowest BCUT2D eigenvalue weighted by Gasteiger charge is -2.26. The van der Waals surface area contributed by atoms with Crippen molar-refractivity contribution in [2.75, 3.05) is 18.4 Å². The van der Waals surface area contributed by atoms with Crippen LogP contribution >= 0.6 is 0 Å². The van der Waals surface area contributed by atoms with E-state index in [0.29, 0.717) is 24.3 Å². The van der Waals surface area contributed by atoms with E-state index in [1.54, 1.807) is 12.1 Å². The molecule has 0 aliphatic carbocycles. The third-order valence-electron chi connectivity index (χ3n) is 4.87. The van der Waals surface area contributed by atoms with Crippen molar-refractivity contribution < 1.29 is 14.3 Å². The van der Waals surface area contributed by atoms with E-state index in [1.807, 2.05) is 36.4 Å². The van der Waals surface area contributed by atoms with Gasteiger partial charge in [0.05, 0.1) is 11.6 Å². The number of ether oxygens (including phenoxy) is 1. The van der Waals surface area contributed by atoms with Gasteiger partial charge in [-0.15, -0.1) is 0 Å². The number of hydrogen-bond acceptors (Lipinski definition) is 7. The average Bonchev–Trinajstić information content (AvgIpc) is 3.30. The van der Waals surface area contributed by atoms with Gasteiger partial charge in [-0.05, 0) is 30.5 Å². The van der Waals surface area contributed by atoms with E-state index in [0.717, 1.165) is 12.0 Å². The Morgan fingerprint density at radius 1 is 1.23 bits per heavy atom. The number of amides is 2. The van der Waals surface area contributed by atoms with Crippen molar-refractivity contribution >= 4 is 17.8 Å². The van der Waals surface area contributed by atoms with Crippen LogP contribution < -0.4 is 10.6 Å². The number of rotatable bonds is 7. The molecular formula is C22H22N6O3. The Balaban J connectivity index is 1.65. The average molecular weight is 418 g/mol. The molecule has 1 fully saturated rings. The van der Waals surface area contributed by atoms with E-state index in [4.69, 9.17) is 10.00 Å². The van der Waals surface area contributed by atoms with Crippen molar-refractivity contribution in [1.82, 2.24) is 15.2 Å². The molecule has 158 valence electrons. The maximum atomic E-state index is 13.0. The molecule has 0 bridgehead atoms. The lowest BCUT2D eigenvalue weighted by Crippen LogP contribution is -2.53. The fourth-order valence-electron chi connectivity index (χ4n) is 3.24. The van der Waals surface area contributed by atoms with Crippen molar-refractivity contribution in [3.05, 3.63) is 59.8 Å². The zero-order valence-electron chi connectivity index (χ0n) is 16.8. The third kappa shape index (κ3) is 5.94. The second-order valence-corrected chi connectivity index (χ2v) is 7.00. The van der Waals surface area contributed by atoms with E-state index >= 15 is 0 Å². The van der Waals surface area contributed by atoms with Crippen molar-refractivity contribution in [3.63, 3.8) is 0 Å². The molecular weight excluding hydrogens is 396 g/mol. The molecule has 0 unspecified atom stereocenters. The van der Waals surface area contributed by atoms with E-state index in [1.165, 1.54) is 11.1 Å². The molecule has 2 atom stereocenters. The minimum Gasteiger partial charge on any atom is -0.445 e. The first-order chi connectivity index (χ1) is 15.1. The highest BCUT2D eigenvalue weighted by Crippen LogP contribution is 2.18. The van der Waals surface area contributed by atoms with Crippen LogP contribution in [0.25, 0.3) is 0 Å². The zero-order chi connectivity index (χ0) is 22.1. The van der Waals surface area contributed by atoms with Gasteiger partial charge in [0, 0.05) is 19.3 Å². The van der Waals surface area contributed by atoms with Gasteiger partial charge >= 0.3 is 6.09 Å². The van der Waals surface area contributed by atoms with Gasteiger partial charge in [0.2, 0.25) is 5.91 Å². The van der Waals surface area contributed by atoms with Crippen LogP contribution in [0.15, 0.2) is 48.7 Å². The van der Waals surface area contributed by atoms with Gasteiger partial charge in [-0.25, -0.2) is 9.78 Å². The molecule has 9 nitrogen and oxygen atoms in total. The Labute approximate surface area is 180 Å². The van der Waals surface area contributed by atoms with Gasteiger partial charge in [0.15, 0.2) is 0 Å². The van der Waals surface area contributed by atoms with Crippen LogP contribution in [-0.4, -0.2) is 47.1 Å².